The maximum atomic E-state index is 11.3. The van der Waals surface area contributed by atoms with Crippen molar-refractivity contribution in [2.45, 2.75) is 0 Å². The summed E-state index contributed by atoms with van der Waals surface area (Å²) in [7, 11) is 4.95. The molecule has 1 amide bonds. The van der Waals surface area contributed by atoms with Crippen LogP contribution in [0.1, 0.15) is 0 Å². The van der Waals surface area contributed by atoms with Crippen molar-refractivity contribution in [2.24, 2.45) is 0 Å². The lowest BCUT2D eigenvalue weighted by Gasteiger charge is -2.12. The van der Waals surface area contributed by atoms with Crippen molar-refractivity contribution in [1.82, 2.24) is 4.90 Å². The van der Waals surface area contributed by atoms with E-state index < -0.39 is 0 Å². The normalized spacial score (nSPS) is 9.75. The second-order valence-corrected chi connectivity index (χ2v) is 4.23. The summed E-state index contributed by atoms with van der Waals surface area (Å²) in [5, 5.41) is 0. The maximum absolute atomic E-state index is 11.3. The number of nitrogens with zero attached hydrogens (tertiary/aromatic N) is 1. The van der Waals surface area contributed by atoms with Crippen LogP contribution in [-0.4, -0.2) is 38.6 Å². The van der Waals surface area contributed by atoms with Crippen molar-refractivity contribution in [3.63, 3.8) is 0 Å². The number of hydrogen-bond acceptors (Lipinski definition) is 3. The summed E-state index contributed by atoms with van der Waals surface area (Å²) in [6.45, 7) is 0.0127. The molecule has 1 aromatic rings. The molecule has 0 fully saturated rings. The molecule has 0 aliphatic rings. The highest BCUT2D eigenvalue weighted by Gasteiger charge is 2.08. The van der Waals surface area contributed by atoms with Crippen LogP contribution in [-0.2, 0) is 4.79 Å². The highest BCUT2D eigenvalue weighted by molar-refractivity contribution is 9.10. The third kappa shape index (κ3) is 3.41. The lowest BCUT2D eigenvalue weighted by Crippen LogP contribution is -2.27. The average molecular weight is 288 g/mol. The van der Waals surface area contributed by atoms with Crippen molar-refractivity contribution in [3.8, 4) is 11.5 Å². The number of hydrogen-bond donors (Lipinski definition) is 0. The zero-order valence-corrected chi connectivity index (χ0v) is 11.1. The molecule has 0 N–H and O–H groups in total. The first kappa shape index (κ1) is 12.8. The fraction of sp³-hybridized carbons (Fsp3) is 0.364. The lowest BCUT2D eigenvalue weighted by molar-refractivity contribution is -0.130. The number of carbonyl (C=O) groups is 1. The van der Waals surface area contributed by atoms with E-state index in [0.29, 0.717) is 11.5 Å². The molecule has 4 nitrogen and oxygen atoms in total. The minimum absolute atomic E-state index is 0.0127. The molecule has 0 bridgehead atoms. The molecule has 88 valence electrons. The number of ether oxygens (including phenoxy) is 2. The molecule has 0 aromatic heterocycles. The molecule has 1 rings (SSSR count). The van der Waals surface area contributed by atoms with E-state index in [9.17, 15) is 4.79 Å². The number of amides is 1. The van der Waals surface area contributed by atoms with E-state index in [1.54, 1.807) is 27.3 Å². The Labute approximate surface area is 103 Å². The van der Waals surface area contributed by atoms with Crippen LogP contribution < -0.4 is 9.47 Å². The van der Waals surface area contributed by atoms with Crippen molar-refractivity contribution in [2.75, 3.05) is 27.8 Å². The molecule has 5 heteroatoms. The van der Waals surface area contributed by atoms with Crippen molar-refractivity contribution >= 4 is 21.8 Å². The van der Waals surface area contributed by atoms with Gasteiger partial charge < -0.3 is 14.4 Å². The Hall–Kier alpha value is -1.23. The number of methoxy groups -OCH3 is 1. The van der Waals surface area contributed by atoms with Crippen molar-refractivity contribution in [3.05, 3.63) is 22.7 Å². The summed E-state index contributed by atoms with van der Waals surface area (Å²) in [5.74, 6) is 1.19. The Morgan fingerprint density at radius 1 is 1.44 bits per heavy atom. The predicted octanol–water partition coefficient (Wildman–Crippen LogP) is 1.92. The Kier molecular flexibility index (Phi) is 4.61. The Balaban J connectivity index is 2.69. The zero-order chi connectivity index (χ0) is 12.1. The topological polar surface area (TPSA) is 38.8 Å². The smallest absolute Gasteiger partial charge is 0.259 e. The van der Waals surface area contributed by atoms with Gasteiger partial charge >= 0.3 is 0 Å². The minimum Gasteiger partial charge on any atom is -0.497 e. The second-order valence-electron chi connectivity index (χ2n) is 3.37. The van der Waals surface area contributed by atoms with Gasteiger partial charge in [-0.05, 0) is 28.1 Å². The van der Waals surface area contributed by atoms with Gasteiger partial charge in [0, 0.05) is 20.2 Å². The van der Waals surface area contributed by atoms with Gasteiger partial charge in [0.25, 0.3) is 5.91 Å². The van der Waals surface area contributed by atoms with Gasteiger partial charge in [-0.15, -0.1) is 0 Å². The lowest BCUT2D eigenvalue weighted by atomic mass is 10.3. The summed E-state index contributed by atoms with van der Waals surface area (Å²) >= 11 is 3.34. The first-order chi connectivity index (χ1) is 7.54. The molecule has 0 spiro atoms. The highest BCUT2D eigenvalue weighted by Crippen LogP contribution is 2.29. The van der Waals surface area contributed by atoms with E-state index in [4.69, 9.17) is 9.47 Å². The summed E-state index contributed by atoms with van der Waals surface area (Å²) in [4.78, 5) is 12.8. The molecular weight excluding hydrogens is 274 g/mol. The predicted molar refractivity (Wildman–Crippen MR) is 64.9 cm³/mol. The molecule has 0 aliphatic heterocycles. The number of benzene rings is 1. The molecule has 0 radical (unpaired) electrons. The Morgan fingerprint density at radius 3 is 2.69 bits per heavy atom. The standard InChI is InChI=1S/C11H14BrNO3/c1-13(2)11(14)7-16-10-6-8(15-3)4-5-9(10)12/h4-6H,7H2,1-3H3. The van der Waals surface area contributed by atoms with E-state index in [1.165, 1.54) is 4.90 Å². The quantitative estimate of drug-likeness (QED) is 0.849. The first-order valence-corrected chi connectivity index (χ1v) is 5.50. The molecule has 0 aliphatic carbocycles. The van der Waals surface area contributed by atoms with Gasteiger partial charge in [-0.2, -0.15) is 0 Å². The van der Waals surface area contributed by atoms with Crippen LogP contribution in [0.5, 0.6) is 11.5 Å². The number of halogens is 1. The molecule has 0 saturated heterocycles. The van der Waals surface area contributed by atoms with Crippen LogP contribution in [0, 0.1) is 0 Å². The highest BCUT2D eigenvalue weighted by atomic mass is 79.9. The van der Waals surface area contributed by atoms with Crippen LogP contribution in [0.4, 0.5) is 0 Å². The maximum Gasteiger partial charge on any atom is 0.259 e. The first-order valence-electron chi connectivity index (χ1n) is 4.71. The van der Waals surface area contributed by atoms with Crippen molar-refractivity contribution < 1.29 is 14.3 Å². The zero-order valence-electron chi connectivity index (χ0n) is 9.49. The van der Waals surface area contributed by atoms with Gasteiger partial charge in [-0.3, -0.25) is 4.79 Å². The van der Waals surface area contributed by atoms with Crippen LogP contribution in [0.25, 0.3) is 0 Å². The van der Waals surface area contributed by atoms with E-state index in [2.05, 4.69) is 15.9 Å². The molecular formula is C11H14BrNO3. The van der Waals surface area contributed by atoms with Gasteiger partial charge in [0.05, 0.1) is 11.6 Å². The third-order valence-corrected chi connectivity index (χ3v) is 2.64. The Bertz CT molecular complexity index is 379. The summed E-state index contributed by atoms with van der Waals surface area (Å²) < 4.78 is 11.2. The van der Waals surface area contributed by atoms with E-state index >= 15 is 0 Å². The molecule has 0 atom stereocenters. The molecule has 0 saturated carbocycles. The van der Waals surface area contributed by atoms with Gasteiger partial charge in [-0.25, -0.2) is 0 Å². The van der Waals surface area contributed by atoms with Crippen LogP contribution >= 0.6 is 15.9 Å². The number of rotatable bonds is 4. The SMILES string of the molecule is COc1ccc(Br)c(OCC(=O)N(C)C)c1. The van der Waals surface area contributed by atoms with Crippen LogP contribution in [0.2, 0.25) is 0 Å². The van der Waals surface area contributed by atoms with Crippen LogP contribution in [0.15, 0.2) is 22.7 Å². The van der Waals surface area contributed by atoms with Gasteiger partial charge in [0.2, 0.25) is 0 Å². The van der Waals surface area contributed by atoms with Gasteiger partial charge in [0.15, 0.2) is 6.61 Å². The largest absolute Gasteiger partial charge is 0.497 e. The van der Waals surface area contributed by atoms with E-state index in [0.717, 1.165) is 4.47 Å². The van der Waals surface area contributed by atoms with Crippen LogP contribution in [0.3, 0.4) is 0 Å². The molecule has 1 aromatic carbocycles. The second kappa shape index (κ2) is 5.75. The minimum atomic E-state index is -0.0882. The molecule has 0 heterocycles. The van der Waals surface area contributed by atoms with E-state index in [1.807, 2.05) is 12.1 Å². The fourth-order valence-electron chi connectivity index (χ4n) is 0.990. The molecule has 16 heavy (non-hydrogen) atoms. The summed E-state index contributed by atoms with van der Waals surface area (Å²) in [5.41, 5.74) is 0. The third-order valence-electron chi connectivity index (χ3n) is 1.99. The van der Waals surface area contributed by atoms with E-state index in [-0.39, 0.29) is 12.5 Å². The van der Waals surface area contributed by atoms with Crippen molar-refractivity contribution in [1.29, 1.82) is 0 Å². The average Bonchev–Trinajstić information content (AvgIpc) is 2.27. The Morgan fingerprint density at radius 2 is 2.12 bits per heavy atom. The van der Waals surface area contributed by atoms with Gasteiger partial charge in [0.1, 0.15) is 11.5 Å². The van der Waals surface area contributed by atoms with Gasteiger partial charge in [-0.1, -0.05) is 0 Å². The fourth-order valence-corrected chi connectivity index (χ4v) is 1.35. The summed E-state index contributed by atoms with van der Waals surface area (Å²) in [6.07, 6.45) is 0. The summed E-state index contributed by atoms with van der Waals surface area (Å²) in [6, 6.07) is 5.35. The number of carbonyl (C=O) groups excluding carboxylic acids is 1. The monoisotopic (exact) mass is 287 g/mol. The molecule has 0 unspecified atom stereocenters. The number of likely N-dealkylation sites (N-methyl/N-ethyl adjacent to an activating group) is 1.